The molecule has 0 aliphatic heterocycles. The molecule has 1 aromatic heterocycles. The fourth-order valence-corrected chi connectivity index (χ4v) is 2.20. The number of nitrogens with zero attached hydrogens (tertiary/aromatic N) is 1. The van der Waals surface area contributed by atoms with Crippen molar-refractivity contribution in [3.63, 3.8) is 0 Å². The summed E-state index contributed by atoms with van der Waals surface area (Å²) < 4.78 is 13.0. The summed E-state index contributed by atoms with van der Waals surface area (Å²) in [7, 11) is 0. The molecule has 0 aliphatic carbocycles. The molecule has 0 spiro atoms. The maximum absolute atomic E-state index is 13.0. The number of benzene rings is 1. The highest BCUT2D eigenvalue weighted by Gasteiger charge is 2.19. The van der Waals surface area contributed by atoms with E-state index in [9.17, 15) is 14.0 Å². The van der Waals surface area contributed by atoms with Gasteiger partial charge in [0.25, 0.3) is 0 Å². The minimum absolute atomic E-state index is 0.134. The summed E-state index contributed by atoms with van der Waals surface area (Å²) in [6, 6.07) is 9.22. The molecule has 1 aromatic carbocycles. The van der Waals surface area contributed by atoms with Gasteiger partial charge >= 0.3 is 0 Å². The number of pyridine rings is 1. The van der Waals surface area contributed by atoms with E-state index in [1.165, 1.54) is 18.3 Å². The number of amides is 2. The van der Waals surface area contributed by atoms with Gasteiger partial charge in [-0.15, -0.1) is 0 Å². The fraction of sp³-hybridized carbons (Fsp3) is 0.235. The molecule has 1 heterocycles. The Morgan fingerprint density at radius 2 is 1.96 bits per heavy atom. The standard InChI is InChI=1S/C17H18FN3O2/c1-2-15(12-5-7-13(18)8-6-12)17(23)20-11-16(22)21-14-4-3-9-19-10-14/h3-10,15H,2,11H2,1H3,(H,20,23)(H,21,22)/t15-/m1/s1. The first-order valence-electron chi connectivity index (χ1n) is 7.33. The van der Waals surface area contributed by atoms with Crippen LogP contribution < -0.4 is 10.6 Å². The highest BCUT2D eigenvalue weighted by Crippen LogP contribution is 2.19. The minimum Gasteiger partial charge on any atom is -0.346 e. The van der Waals surface area contributed by atoms with Gasteiger partial charge in [-0.2, -0.15) is 0 Å². The van der Waals surface area contributed by atoms with Crippen molar-refractivity contribution >= 4 is 17.5 Å². The lowest BCUT2D eigenvalue weighted by Gasteiger charge is -2.15. The Hall–Kier alpha value is -2.76. The third-order valence-corrected chi connectivity index (χ3v) is 3.37. The van der Waals surface area contributed by atoms with Gasteiger partial charge < -0.3 is 10.6 Å². The van der Waals surface area contributed by atoms with Crippen molar-refractivity contribution in [1.29, 1.82) is 0 Å². The number of aromatic nitrogens is 1. The summed E-state index contributed by atoms with van der Waals surface area (Å²) in [5.74, 6) is -1.36. The zero-order valence-corrected chi connectivity index (χ0v) is 12.8. The van der Waals surface area contributed by atoms with Crippen molar-refractivity contribution < 1.29 is 14.0 Å². The Balaban J connectivity index is 1.89. The van der Waals surface area contributed by atoms with Gasteiger partial charge in [-0.3, -0.25) is 14.6 Å². The summed E-state index contributed by atoms with van der Waals surface area (Å²) in [6.07, 6.45) is 3.68. The topological polar surface area (TPSA) is 71.1 Å². The van der Waals surface area contributed by atoms with E-state index in [0.29, 0.717) is 12.1 Å². The summed E-state index contributed by atoms with van der Waals surface area (Å²) in [5, 5.41) is 5.24. The van der Waals surface area contributed by atoms with Gasteiger partial charge in [0.05, 0.1) is 24.3 Å². The molecular formula is C17H18FN3O2. The van der Waals surface area contributed by atoms with Crippen LogP contribution >= 0.6 is 0 Å². The van der Waals surface area contributed by atoms with Crippen LogP contribution in [0, 0.1) is 5.82 Å². The molecule has 0 bridgehead atoms. The largest absolute Gasteiger partial charge is 0.346 e. The number of hydrogen-bond donors (Lipinski definition) is 2. The molecule has 0 unspecified atom stereocenters. The Morgan fingerprint density at radius 1 is 1.22 bits per heavy atom. The number of nitrogens with one attached hydrogen (secondary N) is 2. The average Bonchev–Trinajstić information content (AvgIpc) is 2.56. The predicted octanol–water partition coefficient (Wildman–Crippen LogP) is 2.47. The second-order valence-electron chi connectivity index (χ2n) is 5.02. The van der Waals surface area contributed by atoms with Crippen LogP contribution in [0.15, 0.2) is 48.8 Å². The van der Waals surface area contributed by atoms with Crippen LogP contribution in [-0.4, -0.2) is 23.3 Å². The van der Waals surface area contributed by atoms with E-state index in [-0.39, 0.29) is 24.2 Å². The first-order valence-corrected chi connectivity index (χ1v) is 7.33. The van der Waals surface area contributed by atoms with Crippen LogP contribution in [0.3, 0.4) is 0 Å². The van der Waals surface area contributed by atoms with Gasteiger partial charge in [0.2, 0.25) is 11.8 Å². The monoisotopic (exact) mass is 315 g/mol. The molecule has 120 valence electrons. The van der Waals surface area contributed by atoms with Gasteiger partial charge in [0.15, 0.2) is 0 Å². The highest BCUT2D eigenvalue weighted by molar-refractivity contribution is 5.95. The molecule has 2 amide bonds. The van der Waals surface area contributed by atoms with Crippen LogP contribution in [0.4, 0.5) is 10.1 Å². The number of carbonyl (C=O) groups excluding carboxylic acids is 2. The summed E-state index contributed by atoms with van der Waals surface area (Å²) in [5.41, 5.74) is 1.29. The third kappa shape index (κ3) is 4.88. The molecule has 6 heteroatoms. The molecule has 0 radical (unpaired) electrons. The van der Waals surface area contributed by atoms with Gasteiger partial charge in [-0.1, -0.05) is 19.1 Å². The van der Waals surface area contributed by atoms with Gasteiger partial charge in [-0.05, 0) is 36.2 Å². The Labute approximate surface area is 133 Å². The van der Waals surface area contributed by atoms with Crippen LogP contribution in [0.25, 0.3) is 0 Å². The van der Waals surface area contributed by atoms with E-state index in [0.717, 1.165) is 5.56 Å². The Bertz CT molecular complexity index is 659. The molecule has 5 nitrogen and oxygen atoms in total. The lowest BCUT2D eigenvalue weighted by atomic mass is 9.95. The molecular weight excluding hydrogens is 297 g/mol. The number of rotatable bonds is 6. The van der Waals surface area contributed by atoms with E-state index in [2.05, 4.69) is 15.6 Å². The lowest BCUT2D eigenvalue weighted by Crippen LogP contribution is -2.35. The van der Waals surface area contributed by atoms with E-state index in [1.807, 2.05) is 6.92 Å². The molecule has 0 saturated carbocycles. The van der Waals surface area contributed by atoms with E-state index in [4.69, 9.17) is 0 Å². The first-order chi connectivity index (χ1) is 11.1. The normalized spacial score (nSPS) is 11.6. The number of hydrogen-bond acceptors (Lipinski definition) is 3. The van der Waals surface area contributed by atoms with Crippen molar-refractivity contribution in [3.05, 3.63) is 60.2 Å². The van der Waals surface area contributed by atoms with Crippen molar-refractivity contribution in [1.82, 2.24) is 10.3 Å². The molecule has 0 saturated heterocycles. The zero-order chi connectivity index (χ0) is 16.7. The maximum Gasteiger partial charge on any atom is 0.243 e. The average molecular weight is 315 g/mol. The van der Waals surface area contributed by atoms with E-state index in [1.54, 1.807) is 30.5 Å². The first kappa shape index (κ1) is 16.6. The number of anilines is 1. The number of carbonyl (C=O) groups is 2. The van der Waals surface area contributed by atoms with Crippen LogP contribution in [-0.2, 0) is 9.59 Å². The van der Waals surface area contributed by atoms with Crippen molar-refractivity contribution in [2.45, 2.75) is 19.3 Å². The van der Waals surface area contributed by atoms with Crippen molar-refractivity contribution in [2.75, 3.05) is 11.9 Å². The smallest absolute Gasteiger partial charge is 0.243 e. The molecule has 2 aromatic rings. The van der Waals surface area contributed by atoms with Crippen molar-refractivity contribution in [3.8, 4) is 0 Å². The zero-order valence-electron chi connectivity index (χ0n) is 12.8. The summed E-state index contributed by atoms with van der Waals surface area (Å²) in [6.45, 7) is 1.73. The van der Waals surface area contributed by atoms with E-state index < -0.39 is 5.92 Å². The summed E-state index contributed by atoms with van der Waals surface area (Å²) >= 11 is 0. The van der Waals surface area contributed by atoms with Gasteiger partial charge in [-0.25, -0.2) is 4.39 Å². The molecule has 0 fully saturated rings. The maximum atomic E-state index is 13.0. The fourth-order valence-electron chi connectivity index (χ4n) is 2.20. The van der Waals surface area contributed by atoms with Crippen LogP contribution in [0.2, 0.25) is 0 Å². The summed E-state index contributed by atoms with van der Waals surface area (Å²) in [4.78, 5) is 27.9. The lowest BCUT2D eigenvalue weighted by molar-refractivity contribution is -0.125. The Kier molecular flexibility index (Phi) is 5.80. The minimum atomic E-state index is -0.415. The molecule has 2 rings (SSSR count). The third-order valence-electron chi connectivity index (χ3n) is 3.37. The van der Waals surface area contributed by atoms with Crippen LogP contribution in [0.1, 0.15) is 24.8 Å². The molecule has 0 aliphatic rings. The second-order valence-corrected chi connectivity index (χ2v) is 5.02. The molecule has 23 heavy (non-hydrogen) atoms. The van der Waals surface area contributed by atoms with Gasteiger partial charge in [0.1, 0.15) is 5.82 Å². The predicted molar refractivity (Wildman–Crippen MR) is 85.3 cm³/mol. The quantitative estimate of drug-likeness (QED) is 0.860. The van der Waals surface area contributed by atoms with Crippen molar-refractivity contribution in [2.24, 2.45) is 0 Å². The van der Waals surface area contributed by atoms with E-state index >= 15 is 0 Å². The SMILES string of the molecule is CC[C@@H](C(=O)NCC(=O)Nc1cccnc1)c1ccc(F)cc1. The second kappa shape index (κ2) is 8.03. The highest BCUT2D eigenvalue weighted by atomic mass is 19.1. The molecule has 1 atom stereocenters. The number of halogens is 1. The molecule has 2 N–H and O–H groups in total. The Morgan fingerprint density at radius 3 is 2.57 bits per heavy atom. The van der Waals surface area contributed by atoms with Gasteiger partial charge in [0, 0.05) is 6.20 Å². The van der Waals surface area contributed by atoms with Crippen LogP contribution in [0.5, 0.6) is 0 Å².